The van der Waals surface area contributed by atoms with Gasteiger partial charge in [-0.3, -0.25) is 9.59 Å². The highest BCUT2D eigenvalue weighted by atomic mass is 16.5. The third kappa shape index (κ3) is 9.85. The van der Waals surface area contributed by atoms with Crippen LogP contribution in [-0.4, -0.2) is 25.2 Å². The summed E-state index contributed by atoms with van der Waals surface area (Å²) in [6.45, 7) is 8.27. The van der Waals surface area contributed by atoms with Crippen LogP contribution in [0, 0.1) is 11.8 Å². The van der Waals surface area contributed by atoms with Crippen LogP contribution in [0.3, 0.4) is 0 Å². The van der Waals surface area contributed by atoms with Gasteiger partial charge in [0.2, 0.25) is 0 Å². The number of hydrogen-bond donors (Lipinski definition) is 0. The number of carbonyl (C=O) groups excluding carboxylic acids is 2. The molecular formula is C13H24O4. The molecule has 0 saturated carbocycles. The Bertz CT molecular complexity index is 238. The molecule has 0 aliphatic heterocycles. The quantitative estimate of drug-likeness (QED) is 0.616. The molecule has 0 spiro atoms. The van der Waals surface area contributed by atoms with Crippen molar-refractivity contribution >= 4 is 11.9 Å². The van der Waals surface area contributed by atoms with Gasteiger partial charge in [0.1, 0.15) is 0 Å². The van der Waals surface area contributed by atoms with E-state index < -0.39 is 0 Å². The second-order valence-electron chi connectivity index (χ2n) is 4.59. The summed E-state index contributed by atoms with van der Waals surface area (Å²) in [5, 5.41) is 0. The molecule has 0 heterocycles. The average molecular weight is 244 g/mol. The van der Waals surface area contributed by atoms with Gasteiger partial charge in [-0.25, -0.2) is 0 Å². The number of ether oxygens (including phenoxy) is 2. The molecule has 0 rings (SSSR count). The molecule has 4 heteroatoms. The second kappa shape index (κ2) is 9.02. The molecule has 2 atom stereocenters. The molecule has 0 saturated heterocycles. The van der Waals surface area contributed by atoms with E-state index in [9.17, 15) is 9.59 Å². The van der Waals surface area contributed by atoms with Crippen LogP contribution in [0.25, 0.3) is 0 Å². The Morgan fingerprint density at radius 1 is 1.12 bits per heavy atom. The van der Waals surface area contributed by atoms with E-state index in [1.54, 1.807) is 0 Å². The lowest BCUT2D eigenvalue weighted by molar-refractivity contribution is -0.143. The standard InChI is InChI=1S/C13H24O4/c1-5-16-13(15)7-6-10(2)8-11(3)9-17-12(4)14/h10-11H,5-9H2,1-4H3/t10-,11-/m0/s1. The van der Waals surface area contributed by atoms with Crippen molar-refractivity contribution in [3.05, 3.63) is 0 Å². The Labute approximate surface area is 104 Å². The van der Waals surface area contributed by atoms with Crippen molar-refractivity contribution in [2.45, 2.75) is 47.0 Å². The van der Waals surface area contributed by atoms with Gasteiger partial charge in [0.05, 0.1) is 13.2 Å². The third-order valence-electron chi connectivity index (χ3n) is 2.52. The number of carbonyl (C=O) groups is 2. The van der Waals surface area contributed by atoms with Crippen molar-refractivity contribution in [1.82, 2.24) is 0 Å². The summed E-state index contributed by atoms with van der Waals surface area (Å²) >= 11 is 0. The minimum atomic E-state index is -0.240. The molecule has 0 radical (unpaired) electrons. The molecule has 17 heavy (non-hydrogen) atoms. The minimum Gasteiger partial charge on any atom is -0.466 e. The highest BCUT2D eigenvalue weighted by molar-refractivity contribution is 5.69. The zero-order valence-electron chi connectivity index (χ0n) is 11.3. The maximum Gasteiger partial charge on any atom is 0.305 e. The van der Waals surface area contributed by atoms with Crippen LogP contribution < -0.4 is 0 Å². The van der Waals surface area contributed by atoms with Crippen LogP contribution in [0.15, 0.2) is 0 Å². The Morgan fingerprint density at radius 2 is 1.76 bits per heavy atom. The highest BCUT2D eigenvalue weighted by Crippen LogP contribution is 2.17. The van der Waals surface area contributed by atoms with Gasteiger partial charge < -0.3 is 9.47 Å². The molecule has 4 nitrogen and oxygen atoms in total. The molecule has 0 aliphatic rings. The smallest absolute Gasteiger partial charge is 0.305 e. The third-order valence-corrected chi connectivity index (χ3v) is 2.52. The number of rotatable bonds is 8. The first-order valence-corrected chi connectivity index (χ1v) is 6.24. The fourth-order valence-electron chi connectivity index (χ4n) is 1.73. The molecule has 0 fully saturated rings. The Morgan fingerprint density at radius 3 is 2.29 bits per heavy atom. The molecule has 0 N–H and O–H groups in total. The van der Waals surface area contributed by atoms with Gasteiger partial charge in [-0.15, -0.1) is 0 Å². The van der Waals surface area contributed by atoms with E-state index in [1.807, 2.05) is 13.8 Å². The van der Waals surface area contributed by atoms with Crippen molar-refractivity contribution in [1.29, 1.82) is 0 Å². The molecular weight excluding hydrogens is 220 g/mol. The van der Waals surface area contributed by atoms with E-state index in [1.165, 1.54) is 6.92 Å². The maximum atomic E-state index is 11.2. The van der Waals surface area contributed by atoms with Crippen molar-refractivity contribution in [2.24, 2.45) is 11.8 Å². The lowest BCUT2D eigenvalue weighted by Gasteiger charge is -2.16. The Balaban J connectivity index is 3.66. The summed E-state index contributed by atoms with van der Waals surface area (Å²) < 4.78 is 9.81. The van der Waals surface area contributed by atoms with E-state index in [0.717, 1.165) is 12.8 Å². The van der Waals surface area contributed by atoms with Crippen LogP contribution in [-0.2, 0) is 19.1 Å². The maximum absolute atomic E-state index is 11.2. The first-order valence-electron chi connectivity index (χ1n) is 6.24. The fraction of sp³-hybridized carbons (Fsp3) is 0.846. The molecule has 0 bridgehead atoms. The molecule has 0 aromatic carbocycles. The van der Waals surface area contributed by atoms with Gasteiger partial charge in [-0.05, 0) is 31.6 Å². The van der Waals surface area contributed by atoms with Gasteiger partial charge in [-0.2, -0.15) is 0 Å². The average Bonchev–Trinajstić information content (AvgIpc) is 2.24. The van der Waals surface area contributed by atoms with E-state index in [-0.39, 0.29) is 11.9 Å². The van der Waals surface area contributed by atoms with E-state index in [4.69, 9.17) is 9.47 Å². The zero-order valence-corrected chi connectivity index (χ0v) is 11.3. The van der Waals surface area contributed by atoms with Crippen molar-refractivity contribution in [2.75, 3.05) is 13.2 Å². The monoisotopic (exact) mass is 244 g/mol. The largest absolute Gasteiger partial charge is 0.466 e. The molecule has 0 unspecified atom stereocenters. The van der Waals surface area contributed by atoms with Gasteiger partial charge in [0.25, 0.3) is 0 Å². The van der Waals surface area contributed by atoms with Crippen molar-refractivity contribution in [3.63, 3.8) is 0 Å². The molecule has 0 amide bonds. The Kier molecular flexibility index (Phi) is 8.46. The van der Waals surface area contributed by atoms with E-state index in [0.29, 0.717) is 31.5 Å². The molecule has 0 aromatic heterocycles. The van der Waals surface area contributed by atoms with Gasteiger partial charge in [0.15, 0.2) is 0 Å². The predicted molar refractivity (Wildman–Crippen MR) is 65.4 cm³/mol. The van der Waals surface area contributed by atoms with Crippen LogP contribution in [0.4, 0.5) is 0 Å². The second-order valence-corrected chi connectivity index (χ2v) is 4.59. The van der Waals surface area contributed by atoms with Gasteiger partial charge >= 0.3 is 11.9 Å². The molecule has 0 aromatic rings. The van der Waals surface area contributed by atoms with E-state index in [2.05, 4.69) is 6.92 Å². The zero-order chi connectivity index (χ0) is 13.3. The number of esters is 2. The first-order chi connectivity index (χ1) is 7.95. The summed E-state index contributed by atoms with van der Waals surface area (Å²) in [7, 11) is 0. The van der Waals surface area contributed by atoms with Crippen molar-refractivity contribution in [3.8, 4) is 0 Å². The first kappa shape index (κ1) is 15.9. The number of hydrogen-bond acceptors (Lipinski definition) is 4. The molecule has 0 aliphatic carbocycles. The van der Waals surface area contributed by atoms with Crippen molar-refractivity contribution < 1.29 is 19.1 Å². The van der Waals surface area contributed by atoms with E-state index >= 15 is 0 Å². The summed E-state index contributed by atoms with van der Waals surface area (Å²) in [4.78, 5) is 21.8. The summed E-state index contributed by atoms with van der Waals surface area (Å²) in [5.41, 5.74) is 0. The van der Waals surface area contributed by atoms with Crippen LogP contribution in [0.5, 0.6) is 0 Å². The SMILES string of the molecule is CCOC(=O)CC[C@H](C)C[C@H](C)COC(C)=O. The van der Waals surface area contributed by atoms with Gasteiger partial charge in [-0.1, -0.05) is 13.8 Å². The lowest BCUT2D eigenvalue weighted by Crippen LogP contribution is -2.13. The van der Waals surface area contributed by atoms with Crippen LogP contribution in [0.1, 0.15) is 47.0 Å². The summed E-state index contributed by atoms with van der Waals surface area (Å²) in [6, 6.07) is 0. The van der Waals surface area contributed by atoms with Crippen LogP contribution >= 0.6 is 0 Å². The highest BCUT2D eigenvalue weighted by Gasteiger charge is 2.12. The fourth-order valence-corrected chi connectivity index (χ4v) is 1.73. The predicted octanol–water partition coefficient (Wildman–Crippen LogP) is 2.56. The minimum absolute atomic E-state index is 0.132. The lowest BCUT2D eigenvalue weighted by atomic mass is 9.94. The van der Waals surface area contributed by atoms with Gasteiger partial charge in [0, 0.05) is 13.3 Å². The summed E-state index contributed by atoms with van der Waals surface area (Å²) in [6.07, 6.45) is 2.24. The Hall–Kier alpha value is -1.06. The van der Waals surface area contributed by atoms with Crippen LogP contribution in [0.2, 0.25) is 0 Å². The summed E-state index contributed by atoms with van der Waals surface area (Å²) in [5.74, 6) is 0.393. The molecule has 100 valence electrons. The topological polar surface area (TPSA) is 52.6 Å². The normalized spacial score (nSPS) is 13.9.